The molecule has 0 radical (unpaired) electrons. The van der Waals surface area contributed by atoms with Gasteiger partial charge in [0.15, 0.2) is 0 Å². The van der Waals surface area contributed by atoms with Gasteiger partial charge >= 0.3 is 6.09 Å². The first-order valence-electron chi connectivity index (χ1n) is 5.32. The van der Waals surface area contributed by atoms with Crippen molar-refractivity contribution in [2.45, 2.75) is 25.6 Å². The van der Waals surface area contributed by atoms with E-state index in [2.05, 4.69) is 22.6 Å². The Hall–Kier alpha value is -0.820. The van der Waals surface area contributed by atoms with E-state index in [0.29, 0.717) is 6.42 Å². The van der Waals surface area contributed by atoms with Crippen molar-refractivity contribution in [3.05, 3.63) is 33.4 Å². The molecule has 0 aliphatic rings. The minimum atomic E-state index is -0.774. The standard InChI is InChI=1S/C12H16INO3/c1-3-10(17-12(14)15)11(16-2)8-5-4-6-9(13)7-8/h4-7,10-11H,3H2,1-2H3,(H2,14,15)/t10-,11-/m0/s1. The molecule has 94 valence electrons. The molecule has 0 bridgehead atoms. The number of carbonyl (C=O) groups excluding carboxylic acids is 1. The van der Waals surface area contributed by atoms with Crippen LogP contribution in [-0.2, 0) is 9.47 Å². The highest BCUT2D eigenvalue weighted by Gasteiger charge is 2.24. The van der Waals surface area contributed by atoms with E-state index in [-0.39, 0.29) is 12.2 Å². The van der Waals surface area contributed by atoms with Crippen molar-refractivity contribution in [3.8, 4) is 0 Å². The highest BCUT2D eigenvalue weighted by Crippen LogP contribution is 2.26. The van der Waals surface area contributed by atoms with Gasteiger partial charge in [-0.05, 0) is 46.7 Å². The molecule has 17 heavy (non-hydrogen) atoms. The van der Waals surface area contributed by atoms with Gasteiger partial charge < -0.3 is 15.2 Å². The summed E-state index contributed by atoms with van der Waals surface area (Å²) in [5.41, 5.74) is 6.03. The predicted molar refractivity (Wildman–Crippen MR) is 73.7 cm³/mol. The highest BCUT2D eigenvalue weighted by atomic mass is 127. The van der Waals surface area contributed by atoms with Crippen LogP contribution < -0.4 is 5.73 Å². The molecule has 2 atom stereocenters. The Bertz CT molecular complexity index is 384. The van der Waals surface area contributed by atoms with E-state index in [1.54, 1.807) is 7.11 Å². The lowest BCUT2D eigenvalue weighted by atomic mass is 10.0. The minimum Gasteiger partial charge on any atom is -0.443 e. The highest BCUT2D eigenvalue weighted by molar-refractivity contribution is 14.1. The molecule has 0 saturated carbocycles. The molecular formula is C12H16INO3. The SMILES string of the molecule is CC[C@H](OC(N)=O)[C@@H](OC)c1cccc(I)c1. The van der Waals surface area contributed by atoms with Gasteiger partial charge in [-0.2, -0.15) is 0 Å². The van der Waals surface area contributed by atoms with Crippen LogP contribution in [0.3, 0.4) is 0 Å². The molecule has 0 aromatic heterocycles. The maximum absolute atomic E-state index is 10.8. The normalized spacial score (nSPS) is 14.1. The summed E-state index contributed by atoms with van der Waals surface area (Å²) in [6, 6.07) is 7.89. The third kappa shape index (κ3) is 4.16. The van der Waals surface area contributed by atoms with E-state index < -0.39 is 6.09 Å². The lowest BCUT2D eigenvalue weighted by molar-refractivity contribution is -0.0227. The number of primary amides is 1. The number of benzene rings is 1. The van der Waals surface area contributed by atoms with Crippen molar-refractivity contribution in [3.63, 3.8) is 0 Å². The molecule has 1 rings (SSSR count). The summed E-state index contributed by atoms with van der Waals surface area (Å²) in [5.74, 6) is 0. The zero-order valence-corrected chi connectivity index (χ0v) is 12.0. The van der Waals surface area contributed by atoms with Crippen LogP contribution in [0.4, 0.5) is 4.79 Å². The molecule has 4 nitrogen and oxygen atoms in total. The summed E-state index contributed by atoms with van der Waals surface area (Å²) < 4.78 is 11.6. The van der Waals surface area contributed by atoms with Crippen molar-refractivity contribution in [2.75, 3.05) is 7.11 Å². The summed E-state index contributed by atoms with van der Waals surface area (Å²) in [5, 5.41) is 0. The lowest BCUT2D eigenvalue weighted by Gasteiger charge is -2.24. The van der Waals surface area contributed by atoms with Crippen LogP contribution in [0.15, 0.2) is 24.3 Å². The minimum absolute atomic E-state index is 0.290. The first kappa shape index (κ1) is 14.2. The van der Waals surface area contributed by atoms with Gasteiger partial charge in [0.1, 0.15) is 12.2 Å². The monoisotopic (exact) mass is 349 g/mol. The fourth-order valence-electron chi connectivity index (χ4n) is 1.69. The number of hydrogen-bond donors (Lipinski definition) is 1. The van der Waals surface area contributed by atoms with Crippen LogP contribution in [-0.4, -0.2) is 19.3 Å². The van der Waals surface area contributed by atoms with E-state index in [9.17, 15) is 4.79 Å². The van der Waals surface area contributed by atoms with E-state index in [4.69, 9.17) is 15.2 Å². The van der Waals surface area contributed by atoms with Gasteiger partial charge in [-0.25, -0.2) is 4.79 Å². The molecule has 1 amide bonds. The second-order valence-electron chi connectivity index (χ2n) is 3.59. The average molecular weight is 349 g/mol. The third-order valence-corrected chi connectivity index (χ3v) is 3.11. The van der Waals surface area contributed by atoms with Crippen molar-refractivity contribution in [1.82, 2.24) is 0 Å². The maximum Gasteiger partial charge on any atom is 0.404 e. The Morgan fingerprint density at radius 1 is 1.53 bits per heavy atom. The summed E-state index contributed by atoms with van der Waals surface area (Å²) in [4.78, 5) is 10.8. The van der Waals surface area contributed by atoms with Crippen molar-refractivity contribution < 1.29 is 14.3 Å². The fourth-order valence-corrected chi connectivity index (χ4v) is 2.26. The molecule has 0 unspecified atom stereocenters. The Kier molecular flexibility index (Phi) is 5.70. The Morgan fingerprint density at radius 3 is 2.71 bits per heavy atom. The molecule has 0 aliphatic carbocycles. The van der Waals surface area contributed by atoms with Gasteiger partial charge in [0.25, 0.3) is 0 Å². The quantitative estimate of drug-likeness (QED) is 0.832. The van der Waals surface area contributed by atoms with E-state index in [1.807, 2.05) is 31.2 Å². The number of halogens is 1. The maximum atomic E-state index is 10.8. The molecule has 1 aromatic rings. The zero-order valence-electron chi connectivity index (χ0n) is 9.85. The lowest BCUT2D eigenvalue weighted by Crippen LogP contribution is -2.29. The van der Waals surface area contributed by atoms with Gasteiger partial charge in [-0.3, -0.25) is 0 Å². The number of nitrogens with two attached hydrogens (primary N) is 1. The largest absolute Gasteiger partial charge is 0.443 e. The van der Waals surface area contributed by atoms with Gasteiger partial charge in [0.05, 0.1) is 0 Å². The molecule has 1 aromatic carbocycles. The number of carbonyl (C=O) groups is 1. The summed E-state index contributed by atoms with van der Waals surface area (Å²) in [6.45, 7) is 1.92. The van der Waals surface area contributed by atoms with Gasteiger partial charge in [-0.15, -0.1) is 0 Å². The number of hydrogen-bond acceptors (Lipinski definition) is 3. The molecule has 0 aliphatic heterocycles. The molecule has 0 saturated heterocycles. The summed E-state index contributed by atoms with van der Waals surface area (Å²) in [7, 11) is 1.59. The number of rotatable bonds is 5. The first-order valence-corrected chi connectivity index (χ1v) is 6.40. The molecule has 0 fully saturated rings. The zero-order chi connectivity index (χ0) is 12.8. The molecule has 0 heterocycles. The molecule has 2 N–H and O–H groups in total. The average Bonchev–Trinajstić information content (AvgIpc) is 2.28. The van der Waals surface area contributed by atoms with Crippen LogP contribution in [0, 0.1) is 3.57 Å². The smallest absolute Gasteiger partial charge is 0.404 e. The second-order valence-corrected chi connectivity index (χ2v) is 4.84. The summed E-state index contributed by atoms with van der Waals surface area (Å²) in [6.07, 6.45) is -0.783. The predicted octanol–water partition coefficient (Wildman–Crippen LogP) is 2.85. The van der Waals surface area contributed by atoms with Gasteiger partial charge in [0.2, 0.25) is 0 Å². The molecule has 5 heteroatoms. The second kappa shape index (κ2) is 6.80. The number of methoxy groups -OCH3 is 1. The van der Waals surface area contributed by atoms with Crippen LogP contribution in [0.2, 0.25) is 0 Å². The van der Waals surface area contributed by atoms with Crippen molar-refractivity contribution in [2.24, 2.45) is 5.73 Å². The van der Waals surface area contributed by atoms with E-state index >= 15 is 0 Å². The fraction of sp³-hybridized carbons (Fsp3) is 0.417. The van der Waals surface area contributed by atoms with Crippen LogP contribution >= 0.6 is 22.6 Å². The number of ether oxygens (including phenoxy) is 2. The van der Waals surface area contributed by atoms with E-state index in [1.165, 1.54) is 0 Å². The Balaban J connectivity index is 2.92. The first-order chi connectivity index (χ1) is 8.08. The van der Waals surface area contributed by atoms with Crippen LogP contribution in [0.1, 0.15) is 25.0 Å². The van der Waals surface area contributed by atoms with Crippen molar-refractivity contribution in [1.29, 1.82) is 0 Å². The molecular weight excluding hydrogens is 333 g/mol. The van der Waals surface area contributed by atoms with Gasteiger partial charge in [-0.1, -0.05) is 19.1 Å². The Labute approximate surface area is 115 Å². The van der Waals surface area contributed by atoms with Crippen LogP contribution in [0.5, 0.6) is 0 Å². The van der Waals surface area contributed by atoms with Crippen molar-refractivity contribution >= 4 is 28.7 Å². The topological polar surface area (TPSA) is 61.5 Å². The van der Waals surface area contributed by atoms with E-state index in [0.717, 1.165) is 9.13 Å². The van der Waals surface area contributed by atoms with Gasteiger partial charge in [0, 0.05) is 10.7 Å². The molecule has 0 spiro atoms. The number of amides is 1. The Morgan fingerprint density at radius 2 is 2.24 bits per heavy atom. The summed E-state index contributed by atoms with van der Waals surface area (Å²) >= 11 is 2.23. The van der Waals surface area contributed by atoms with Crippen LogP contribution in [0.25, 0.3) is 0 Å². The third-order valence-electron chi connectivity index (χ3n) is 2.44.